The summed E-state index contributed by atoms with van der Waals surface area (Å²) in [5, 5.41) is 12.4. The number of aliphatic hydroxyl groups is 1. The second-order valence-corrected chi connectivity index (χ2v) is 7.86. The summed E-state index contributed by atoms with van der Waals surface area (Å²) in [6.45, 7) is 2.39. The van der Waals surface area contributed by atoms with Crippen LogP contribution in [0.4, 0.5) is 13.2 Å². The average Bonchev–Trinajstić information content (AvgIpc) is 3.06. The zero-order valence-electron chi connectivity index (χ0n) is 16.1. The minimum absolute atomic E-state index is 0.216. The van der Waals surface area contributed by atoms with Crippen molar-refractivity contribution < 1.29 is 27.9 Å². The molecule has 0 saturated carbocycles. The first kappa shape index (κ1) is 20.2. The van der Waals surface area contributed by atoms with Gasteiger partial charge in [0, 0.05) is 36.5 Å². The van der Waals surface area contributed by atoms with Crippen molar-refractivity contribution in [2.24, 2.45) is 0 Å². The van der Waals surface area contributed by atoms with E-state index in [2.05, 4.69) is 5.32 Å². The molecule has 9 heteroatoms. The van der Waals surface area contributed by atoms with E-state index in [1.165, 1.54) is 11.1 Å². The lowest BCUT2D eigenvalue weighted by Crippen LogP contribution is -2.52. The fourth-order valence-corrected chi connectivity index (χ4v) is 3.83. The Labute approximate surface area is 171 Å². The quantitative estimate of drug-likeness (QED) is 0.772. The normalized spacial score (nSPS) is 26.2. The van der Waals surface area contributed by atoms with Crippen molar-refractivity contribution in [3.63, 3.8) is 0 Å². The van der Waals surface area contributed by atoms with Crippen LogP contribution in [0.2, 0.25) is 0 Å². The Kier molecular flexibility index (Phi) is 4.73. The molecule has 1 aromatic rings. The maximum Gasteiger partial charge on any atom is 0.431 e. The van der Waals surface area contributed by atoms with Crippen molar-refractivity contribution in [3.8, 4) is 0 Å². The molecule has 30 heavy (non-hydrogen) atoms. The monoisotopic (exact) mass is 419 g/mol. The highest BCUT2D eigenvalue weighted by atomic mass is 19.4. The van der Waals surface area contributed by atoms with Gasteiger partial charge in [-0.1, -0.05) is 18.2 Å². The number of hydrogen-bond acceptors (Lipinski definition) is 4. The molecule has 2 atom stereocenters. The summed E-state index contributed by atoms with van der Waals surface area (Å²) in [5.74, 6) is -0.979. The maximum atomic E-state index is 13.1. The number of carbonyl (C=O) groups excluding carboxylic acids is 2. The molecule has 3 aliphatic heterocycles. The predicted octanol–water partition coefficient (Wildman–Crippen LogP) is 2.40. The number of hydrogen-bond donors (Lipinski definition) is 2. The van der Waals surface area contributed by atoms with Crippen LogP contribution in [0.5, 0.6) is 0 Å². The zero-order valence-corrected chi connectivity index (χ0v) is 16.1. The van der Waals surface area contributed by atoms with Gasteiger partial charge in [0.25, 0.3) is 11.8 Å². The van der Waals surface area contributed by atoms with E-state index in [0.29, 0.717) is 35.7 Å². The van der Waals surface area contributed by atoms with Gasteiger partial charge in [0.1, 0.15) is 11.9 Å². The van der Waals surface area contributed by atoms with Gasteiger partial charge < -0.3 is 15.3 Å². The number of rotatable bonds is 2. The Balaban J connectivity index is 1.56. The van der Waals surface area contributed by atoms with Gasteiger partial charge in [-0.15, -0.1) is 0 Å². The summed E-state index contributed by atoms with van der Waals surface area (Å²) in [4.78, 5) is 27.6. The summed E-state index contributed by atoms with van der Waals surface area (Å²) in [6, 6.07) is 6.48. The van der Waals surface area contributed by atoms with Crippen molar-refractivity contribution in [3.05, 3.63) is 65.5 Å². The maximum absolute atomic E-state index is 13.1. The predicted molar refractivity (Wildman–Crippen MR) is 103 cm³/mol. The number of nitrogens with one attached hydrogen (secondary N) is 1. The number of carbonyl (C=O) groups is 2. The van der Waals surface area contributed by atoms with Crippen LogP contribution < -0.4 is 5.32 Å². The molecule has 1 aromatic carbocycles. The largest absolute Gasteiger partial charge is 0.431 e. The molecule has 1 fully saturated rings. The van der Waals surface area contributed by atoms with Gasteiger partial charge in [-0.2, -0.15) is 13.2 Å². The number of fused-ring (bicyclic) bond motifs is 1. The Morgan fingerprint density at radius 3 is 2.57 bits per heavy atom. The number of likely N-dealkylation sites (tertiary alicyclic amines) is 1. The molecule has 0 aromatic heterocycles. The van der Waals surface area contributed by atoms with Crippen LogP contribution in [-0.4, -0.2) is 57.8 Å². The summed E-state index contributed by atoms with van der Waals surface area (Å²) in [7, 11) is 0. The molecule has 2 amide bonds. The van der Waals surface area contributed by atoms with Crippen LogP contribution in [0.15, 0.2) is 54.4 Å². The minimum atomic E-state index is -4.67. The van der Waals surface area contributed by atoms with Gasteiger partial charge in [-0.05, 0) is 37.1 Å². The molecule has 0 bridgehead atoms. The van der Waals surface area contributed by atoms with Gasteiger partial charge in [-0.25, -0.2) is 0 Å². The molecule has 0 aliphatic carbocycles. The molecule has 0 radical (unpaired) electrons. The topological polar surface area (TPSA) is 72.9 Å². The molecule has 3 heterocycles. The molecule has 2 unspecified atom stereocenters. The molecule has 0 spiro atoms. The molecule has 6 nitrogen and oxygen atoms in total. The standard InChI is InChI=1S/C21H20F3N3O3/c1-20(30)8-10-26(12-20)19(29)14-6-4-13(5-7-14)15-3-2-9-27-17(28)11-16(21(22,23)24)25-18(15)27/h2-7,9,11,18,25,30H,8,10,12H2,1H3. The number of amides is 2. The highest BCUT2D eigenvalue weighted by molar-refractivity contribution is 5.96. The van der Waals surface area contributed by atoms with E-state index in [4.69, 9.17) is 0 Å². The third-order valence-corrected chi connectivity index (χ3v) is 5.42. The van der Waals surface area contributed by atoms with Crippen LogP contribution in [0.3, 0.4) is 0 Å². The van der Waals surface area contributed by atoms with Crippen LogP contribution >= 0.6 is 0 Å². The summed E-state index contributed by atoms with van der Waals surface area (Å²) < 4.78 is 39.4. The zero-order chi connectivity index (χ0) is 21.7. The smallest absolute Gasteiger partial charge is 0.388 e. The van der Waals surface area contributed by atoms with Crippen molar-refractivity contribution in [1.29, 1.82) is 0 Å². The number of alkyl halides is 3. The number of allylic oxidation sites excluding steroid dienone is 3. The molecule has 3 aliphatic rings. The number of nitrogens with zero attached hydrogens (tertiary/aromatic N) is 2. The average molecular weight is 419 g/mol. The Morgan fingerprint density at radius 2 is 1.97 bits per heavy atom. The van der Waals surface area contributed by atoms with E-state index in [1.54, 1.807) is 48.2 Å². The lowest BCUT2D eigenvalue weighted by atomic mass is 9.97. The summed E-state index contributed by atoms with van der Waals surface area (Å²) >= 11 is 0. The Hall–Kier alpha value is -3.07. The van der Waals surface area contributed by atoms with E-state index in [9.17, 15) is 27.9 Å². The number of halogens is 3. The van der Waals surface area contributed by atoms with Crippen molar-refractivity contribution in [2.75, 3.05) is 13.1 Å². The van der Waals surface area contributed by atoms with Crippen molar-refractivity contribution in [2.45, 2.75) is 31.3 Å². The van der Waals surface area contributed by atoms with Crippen molar-refractivity contribution >= 4 is 17.4 Å². The van der Waals surface area contributed by atoms with E-state index >= 15 is 0 Å². The van der Waals surface area contributed by atoms with E-state index in [0.717, 1.165) is 0 Å². The van der Waals surface area contributed by atoms with Gasteiger partial charge in [0.05, 0.1) is 5.60 Å². The third kappa shape index (κ3) is 3.72. The first-order chi connectivity index (χ1) is 14.0. The van der Waals surface area contributed by atoms with Gasteiger partial charge in [-0.3, -0.25) is 14.5 Å². The van der Waals surface area contributed by atoms with Gasteiger partial charge in [0.2, 0.25) is 0 Å². The lowest BCUT2D eigenvalue weighted by molar-refractivity contribution is -0.130. The highest BCUT2D eigenvalue weighted by Gasteiger charge is 2.42. The number of β-amino-alcohol motifs (C(OH)–C–C–N with tert-alkyl or cyclic N) is 1. The summed E-state index contributed by atoms with van der Waals surface area (Å²) in [6.07, 6.45) is 0.0161. The third-order valence-electron chi connectivity index (χ3n) is 5.42. The SMILES string of the molecule is CC1(O)CCN(C(=O)c2ccc(C3=CC=CN4C(=O)C=C(C(F)(F)F)NC34)cc2)C1. The molecule has 158 valence electrons. The second kappa shape index (κ2) is 7.02. The Morgan fingerprint density at radius 1 is 1.27 bits per heavy atom. The molecular weight excluding hydrogens is 399 g/mol. The highest BCUT2D eigenvalue weighted by Crippen LogP contribution is 2.33. The van der Waals surface area contributed by atoms with Crippen LogP contribution in [0.25, 0.3) is 5.57 Å². The first-order valence-electron chi connectivity index (χ1n) is 9.43. The summed E-state index contributed by atoms with van der Waals surface area (Å²) in [5.41, 5.74) is -0.514. The van der Waals surface area contributed by atoms with Crippen LogP contribution in [0.1, 0.15) is 29.3 Å². The fourth-order valence-electron chi connectivity index (χ4n) is 3.83. The van der Waals surface area contributed by atoms with E-state index < -0.39 is 29.5 Å². The van der Waals surface area contributed by atoms with E-state index in [-0.39, 0.29) is 12.5 Å². The second-order valence-electron chi connectivity index (χ2n) is 7.86. The molecular formula is C21H20F3N3O3. The first-order valence-corrected chi connectivity index (χ1v) is 9.43. The molecule has 4 rings (SSSR count). The minimum Gasteiger partial charge on any atom is -0.388 e. The molecule has 1 saturated heterocycles. The van der Waals surface area contributed by atoms with Crippen LogP contribution in [0, 0.1) is 0 Å². The van der Waals surface area contributed by atoms with Crippen LogP contribution in [-0.2, 0) is 4.79 Å². The van der Waals surface area contributed by atoms with Gasteiger partial charge in [0.15, 0.2) is 0 Å². The fraction of sp³-hybridized carbons (Fsp3) is 0.333. The lowest BCUT2D eigenvalue weighted by Gasteiger charge is -2.38. The molecule has 2 N–H and O–H groups in total. The van der Waals surface area contributed by atoms with Crippen molar-refractivity contribution in [1.82, 2.24) is 15.1 Å². The Bertz CT molecular complexity index is 977. The van der Waals surface area contributed by atoms with Gasteiger partial charge >= 0.3 is 6.18 Å². The number of benzene rings is 1. The van der Waals surface area contributed by atoms with E-state index in [1.807, 2.05) is 0 Å².